The number of tetrazole rings is 1. The normalized spacial score (nSPS) is 13.6. The zero-order valence-electron chi connectivity index (χ0n) is 13.7. The molecular weight excluding hydrogens is 357 g/mol. The molecule has 1 fully saturated rings. The molecule has 1 N–H and O–H groups in total. The van der Waals surface area contributed by atoms with Gasteiger partial charge in [0.2, 0.25) is 5.91 Å². The molecule has 1 heterocycles. The van der Waals surface area contributed by atoms with Gasteiger partial charge in [0, 0.05) is 21.8 Å². The Labute approximate surface area is 154 Å². The lowest BCUT2D eigenvalue weighted by Gasteiger charge is -2.08. The Morgan fingerprint density at radius 2 is 2.00 bits per heavy atom. The highest BCUT2D eigenvalue weighted by atomic mass is 35.5. The number of anilines is 1. The molecule has 0 aliphatic heterocycles. The number of carbonyl (C=O) groups is 1. The van der Waals surface area contributed by atoms with Crippen LogP contribution in [0.15, 0.2) is 42.5 Å². The Hall–Kier alpha value is -2.80. The summed E-state index contributed by atoms with van der Waals surface area (Å²) in [7, 11) is 0. The van der Waals surface area contributed by atoms with E-state index in [2.05, 4.69) is 20.8 Å². The summed E-state index contributed by atoms with van der Waals surface area (Å²) in [6.45, 7) is 0. The van der Waals surface area contributed by atoms with Gasteiger partial charge in [0.15, 0.2) is 5.82 Å². The Morgan fingerprint density at radius 1 is 1.23 bits per heavy atom. The minimum absolute atomic E-state index is 0.132. The van der Waals surface area contributed by atoms with Crippen LogP contribution < -0.4 is 5.32 Å². The van der Waals surface area contributed by atoms with E-state index in [1.54, 1.807) is 18.2 Å². The minimum Gasteiger partial charge on any atom is -0.326 e. The first-order valence-electron chi connectivity index (χ1n) is 8.23. The molecule has 1 saturated carbocycles. The van der Waals surface area contributed by atoms with Crippen molar-refractivity contribution in [1.29, 1.82) is 0 Å². The third kappa shape index (κ3) is 3.43. The highest BCUT2D eigenvalue weighted by molar-refractivity contribution is 6.31. The lowest BCUT2D eigenvalue weighted by molar-refractivity contribution is -0.115. The van der Waals surface area contributed by atoms with Crippen LogP contribution in [0.3, 0.4) is 0 Å². The smallest absolute Gasteiger partial charge is 0.228 e. The van der Waals surface area contributed by atoms with E-state index in [-0.39, 0.29) is 22.9 Å². The molecule has 3 aromatic rings. The van der Waals surface area contributed by atoms with Gasteiger partial charge in [-0.3, -0.25) is 4.79 Å². The van der Waals surface area contributed by atoms with Crippen molar-refractivity contribution in [1.82, 2.24) is 20.2 Å². The van der Waals surface area contributed by atoms with E-state index in [0.717, 1.165) is 18.4 Å². The maximum absolute atomic E-state index is 13.8. The monoisotopic (exact) mass is 371 g/mol. The van der Waals surface area contributed by atoms with Crippen LogP contribution in [0, 0.1) is 5.82 Å². The molecule has 8 heteroatoms. The molecule has 132 valence electrons. The number of nitrogens with zero attached hydrogens (tertiary/aromatic N) is 4. The van der Waals surface area contributed by atoms with Gasteiger partial charge < -0.3 is 5.32 Å². The Balaban J connectivity index is 1.45. The topological polar surface area (TPSA) is 72.7 Å². The van der Waals surface area contributed by atoms with Gasteiger partial charge >= 0.3 is 0 Å². The Kier molecular flexibility index (Phi) is 4.38. The summed E-state index contributed by atoms with van der Waals surface area (Å²) in [5, 5.41) is 14.8. The molecule has 0 atom stereocenters. The number of amides is 1. The van der Waals surface area contributed by atoms with Crippen molar-refractivity contribution in [3.8, 4) is 11.4 Å². The number of nitrogens with one attached hydrogen (secondary N) is 1. The second-order valence-corrected chi connectivity index (χ2v) is 6.59. The van der Waals surface area contributed by atoms with Crippen LogP contribution in [0.5, 0.6) is 0 Å². The summed E-state index contributed by atoms with van der Waals surface area (Å²) in [5.74, 6) is -0.119. The van der Waals surface area contributed by atoms with Crippen molar-refractivity contribution in [3.05, 3.63) is 58.9 Å². The number of benzene rings is 2. The van der Waals surface area contributed by atoms with Crippen molar-refractivity contribution >= 4 is 23.2 Å². The van der Waals surface area contributed by atoms with Gasteiger partial charge in [-0.25, -0.2) is 9.07 Å². The van der Waals surface area contributed by atoms with Gasteiger partial charge in [-0.15, -0.1) is 5.10 Å². The maximum Gasteiger partial charge on any atom is 0.228 e. The van der Waals surface area contributed by atoms with E-state index in [9.17, 15) is 9.18 Å². The van der Waals surface area contributed by atoms with Crippen molar-refractivity contribution in [2.24, 2.45) is 0 Å². The summed E-state index contributed by atoms with van der Waals surface area (Å²) in [4.78, 5) is 12.2. The number of carbonyl (C=O) groups excluding carboxylic acids is 1. The number of hydrogen-bond acceptors (Lipinski definition) is 4. The largest absolute Gasteiger partial charge is 0.326 e. The van der Waals surface area contributed by atoms with Gasteiger partial charge in [0.05, 0.1) is 12.5 Å². The fourth-order valence-corrected chi connectivity index (χ4v) is 2.95. The van der Waals surface area contributed by atoms with E-state index in [1.165, 1.54) is 12.1 Å². The summed E-state index contributed by atoms with van der Waals surface area (Å²) in [6.07, 6.45) is 2.04. The molecule has 0 bridgehead atoms. The van der Waals surface area contributed by atoms with E-state index in [4.69, 9.17) is 11.6 Å². The summed E-state index contributed by atoms with van der Waals surface area (Å²) < 4.78 is 15.6. The molecule has 26 heavy (non-hydrogen) atoms. The average Bonchev–Trinajstić information content (AvgIpc) is 3.36. The average molecular weight is 372 g/mol. The predicted octanol–water partition coefficient (Wildman–Crippen LogP) is 3.65. The van der Waals surface area contributed by atoms with E-state index in [0.29, 0.717) is 17.6 Å². The molecule has 1 aromatic heterocycles. The number of aromatic nitrogens is 4. The standard InChI is InChI=1S/C18H15ClFN5O/c19-15-2-1-3-16(20)14(15)10-17(26)21-12-6-4-11(5-7-12)18-22-23-24-25(18)13-8-9-13/h1-7,13H,8-10H2,(H,21,26). The molecule has 1 aliphatic rings. The first-order chi connectivity index (χ1) is 12.6. The predicted molar refractivity (Wildman–Crippen MR) is 95.3 cm³/mol. The fraction of sp³-hybridized carbons (Fsp3) is 0.222. The van der Waals surface area contributed by atoms with Gasteiger partial charge in [0.25, 0.3) is 0 Å². The summed E-state index contributed by atoms with van der Waals surface area (Å²) >= 11 is 5.96. The highest BCUT2D eigenvalue weighted by Crippen LogP contribution is 2.36. The molecule has 0 unspecified atom stereocenters. The van der Waals surface area contributed by atoms with Crippen LogP contribution in [-0.4, -0.2) is 26.1 Å². The number of hydrogen-bond donors (Lipinski definition) is 1. The van der Waals surface area contributed by atoms with Crippen molar-refractivity contribution in [2.75, 3.05) is 5.32 Å². The quantitative estimate of drug-likeness (QED) is 0.743. The van der Waals surface area contributed by atoms with Gasteiger partial charge in [-0.05, 0) is 59.7 Å². The molecule has 1 aliphatic carbocycles. The van der Waals surface area contributed by atoms with Crippen LogP contribution >= 0.6 is 11.6 Å². The van der Waals surface area contributed by atoms with Crippen molar-refractivity contribution < 1.29 is 9.18 Å². The summed E-state index contributed by atoms with van der Waals surface area (Å²) in [5.41, 5.74) is 1.67. The number of rotatable bonds is 5. The molecule has 6 nitrogen and oxygen atoms in total. The lowest BCUT2D eigenvalue weighted by atomic mass is 10.1. The summed E-state index contributed by atoms with van der Waals surface area (Å²) in [6, 6.07) is 12.0. The first-order valence-corrected chi connectivity index (χ1v) is 8.60. The highest BCUT2D eigenvalue weighted by Gasteiger charge is 2.28. The van der Waals surface area contributed by atoms with Crippen LogP contribution in [0.2, 0.25) is 5.02 Å². The van der Waals surface area contributed by atoms with Crippen molar-refractivity contribution in [2.45, 2.75) is 25.3 Å². The molecule has 1 amide bonds. The molecule has 0 spiro atoms. The van der Waals surface area contributed by atoms with Gasteiger partial charge in [-0.2, -0.15) is 0 Å². The van der Waals surface area contributed by atoms with E-state index < -0.39 is 5.82 Å². The fourth-order valence-electron chi connectivity index (χ4n) is 2.72. The zero-order chi connectivity index (χ0) is 18.1. The Bertz CT molecular complexity index is 932. The first kappa shape index (κ1) is 16.7. The van der Waals surface area contributed by atoms with Crippen LogP contribution in [0.25, 0.3) is 11.4 Å². The third-order valence-electron chi connectivity index (χ3n) is 4.21. The molecule has 2 aromatic carbocycles. The molecular formula is C18H15ClFN5O. The van der Waals surface area contributed by atoms with Gasteiger partial charge in [0.1, 0.15) is 5.82 Å². The Morgan fingerprint density at radius 3 is 2.69 bits per heavy atom. The van der Waals surface area contributed by atoms with E-state index in [1.807, 2.05) is 16.8 Å². The maximum atomic E-state index is 13.8. The SMILES string of the molecule is O=C(Cc1c(F)cccc1Cl)Nc1ccc(-c2nnnn2C2CC2)cc1. The number of halogens is 2. The minimum atomic E-state index is -0.491. The van der Waals surface area contributed by atoms with Crippen LogP contribution in [0.4, 0.5) is 10.1 Å². The molecule has 4 rings (SSSR count). The second kappa shape index (κ2) is 6.84. The van der Waals surface area contributed by atoms with Gasteiger partial charge in [-0.1, -0.05) is 17.7 Å². The zero-order valence-corrected chi connectivity index (χ0v) is 14.4. The van der Waals surface area contributed by atoms with Crippen LogP contribution in [-0.2, 0) is 11.2 Å². The third-order valence-corrected chi connectivity index (χ3v) is 4.57. The van der Waals surface area contributed by atoms with Crippen molar-refractivity contribution in [3.63, 3.8) is 0 Å². The van der Waals surface area contributed by atoms with E-state index >= 15 is 0 Å². The second-order valence-electron chi connectivity index (χ2n) is 6.18. The van der Waals surface area contributed by atoms with Crippen LogP contribution in [0.1, 0.15) is 24.4 Å². The molecule has 0 radical (unpaired) electrons. The lowest BCUT2D eigenvalue weighted by Crippen LogP contribution is -2.15. The molecule has 0 saturated heterocycles.